The van der Waals surface area contributed by atoms with Gasteiger partial charge in [-0.2, -0.15) is 9.30 Å². The summed E-state index contributed by atoms with van der Waals surface area (Å²) in [5.74, 6) is 0.267. The fraction of sp³-hybridized carbons (Fsp3) is 0.360. The fourth-order valence-electron chi connectivity index (χ4n) is 4.15. The molecule has 0 aliphatic carbocycles. The van der Waals surface area contributed by atoms with Crippen LogP contribution in [0.25, 0.3) is 10.2 Å². The van der Waals surface area contributed by atoms with Crippen LogP contribution >= 0.6 is 11.3 Å². The van der Waals surface area contributed by atoms with Gasteiger partial charge in [-0.3, -0.25) is 4.79 Å². The fourth-order valence-corrected chi connectivity index (χ4v) is 6.80. The number of nitrogens with zero attached hydrogens (tertiary/aromatic N) is 3. The number of fused-ring (bicyclic) bond motifs is 1. The minimum atomic E-state index is -3.69. The first-order chi connectivity index (χ1) is 16.7. The summed E-state index contributed by atoms with van der Waals surface area (Å²) in [5.41, 5.74) is 1.17. The minimum Gasteiger partial charge on any atom is -0.492 e. The Labute approximate surface area is 209 Å². The zero-order valence-electron chi connectivity index (χ0n) is 20.0. The number of para-hydroxylation sites is 1. The van der Waals surface area contributed by atoms with Crippen molar-refractivity contribution in [3.63, 3.8) is 0 Å². The molecule has 2 heterocycles. The number of ether oxygens (including phenoxy) is 2. The van der Waals surface area contributed by atoms with E-state index in [1.807, 2.05) is 43.5 Å². The van der Waals surface area contributed by atoms with Crippen LogP contribution in [0.5, 0.6) is 5.75 Å². The van der Waals surface area contributed by atoms with Gasteiger partial charge in [0.05, 0.1) is 28.4 Å². The molecule has 0 spiro atoms. The van der Waals surface area contributed by atoms with E-state index in [9.17, 15) is 13.2 Å². The number of allylic oxidation sites excluding steroid dienone is 1. The van der Waals surface area contributed by atoms with Crippen molar-refractivity contribution in [1.29, 1.82) is 0 Å². The van der Waals surface area contributed by atoms with Gasteiger partial charge in [-0.15, -0.1) is 6.58 Å². The van der Waals surface area contributed by atoms with Gasteiger partial charge in [0.15, 0.2) is 4.80 Å². The molecule has 3 aromatic rings. The Hall–Kier alpha value is -2.79. The van der Waals surface area contributed by atoms with Gasteiger partial charge in [0, 0.05) is 25.2 Å². The zero-order valence-corrected chi connectivity index (χ0v) is 21.6. The molecule has 1 fully saturated rings. The van der Waals surface area contributed by atoms with Crippen LogP contribution in [-0.4, -0.2) is 55.1 Å². The molecule has 2 aromatic carbocycles. The van der Waals surface area contributed by atoms with E-state index in [0.29, 0.717) is 36.6 Å². The molecule has 0 radical (unpaired) electrons. The van der Waals surface area contributed by atoms with Gasteiger partial charge in [-0.25, -0.2) is 8.42 Å². The maximum absolute atomic E-state index is 13.1. The van der Waals surface area contributed by atoms with Crippen LogP contribution < -0.4 is 9.54 Å². The van der Waals surface area contributed by atoms with Crippen LogP contribution in [0.15, 0.2) is 65.0 Å². The van der Waals surface area contributed by atoms with Crippen molar-refractivity contribution < 1.29 is 22.7 Å². The van der Waals surface area contributed by atoms with E-state index in [1.54, 1.807) is 6.08 Å². The van der Waals surface area contributed by atoms with Crippen molar-refractivity contribution in [3.8, 4) is 5.75 Å². The molecular weight excluding hydrogens is 486 g/mol. The summed E-state index contributed by atoms with van der Waals surface area (Å²) in [7, 11) is -3.69. The Bertz CT molecular complexity index is 1400. The highest BCUT2D eigenvalue weighted by Crippen LogP contribution is 2.28. The lowest BCUT2D eigenvalue weighted by Crippen LogP contribution is -2.48. The van der Waals surface area contributed by atoms with Gasteiger partial charge in [-0.1, -0.05) is 23.5 Å². The number of carbonyl (C=O) groups is 1. The molecule has 1 aromatic heterocycles. The summed E-state index contributed by atoms with van der Waals surface area (Å²) in [6, 6.07) is 11.7. The normalized spacial score (nSPS) is 19.7. The Morgan fingerprint density at radius 2 is 1.89 bits per heavy atom. The predicted molar refractivity (Wildman–Crippen MR) is 136 cm³/mol. The number of sulfonamides is 1. The highest BCUT2D eigenvalue weighted by atomic mass is 32.2. The largest absolute Gasteiger partial charge is 0.492 e. The third-order valence-corrected chi connectivity index (χ3v) is 8.49. The number of aromatic nitrogens is 1. The summed E-state index contributed by atoms with van der Waals surface area (Å²) >= 11 is 1.39. The number of carbonyl (C=O) groups excluding carboxylic acids is 1. The number of hydrogen-bond donors (Lipinski definition) is 0. The van der Waals surface area contributed by atoms with Crippen molar-refractivity contribution in [2.75, 3.05) is 19.7 Å². The van der Waals surface area contributed by atoms with Crippen LogP contribution in [0.1, 0.15) is 31.1 Å². The molecule has 1 saturated heterocycles. The molecule has 2 atom stereocenters. The molecule has 10 heteroatoms. The second kappa shape index (κ2) is 10.4. The van der Waals surface area contributed by atoms with Crippen molar-refractivity contribution in [2.45, 2.75) is 44.4 Å². The van der Waals surface area contributed by atoms with Crippen LogP contribution in [0.2, 0.25) is 0 Å². The lowest BCUT2D eigenvalue weighted by Gasteiger charge is -2.34. The van der Waals surface area contributed by atoms with Gasteiger partial charge in [0.25, 0.3) is 5.91 Å². The summed E-state index contributed by atoms with van der Waals surface area (Å²) < 4.78 is 41.9. The van der Waals surface area contributed by atoms with E-state index in [4.69, 9.17) is 9.47 Å². The van der Waals surface area contributed by atoms with Gasteiger partial charge in [-0.05, 0) is 57.2 Å². The molecule has 1 amide bonds. The smallest absolute Gasteiger partial charge is 0.279 e. The molecule has 1 aliphatic rings. The summed E-state index contributed by atoms with van der Waals surface area (Å²) in [5, 5.41) is 0. The maximum atomic E-state index is 13.1. The molecule has 0 saturated carbocycles. The quantitative estimate of drug-likeness (QED) is 0.446. The molecule has 0 unspecified atom stereocenters. The van der Waals surface area contributed by atoms with E-state index in [0.717, 1.165) is 16.0 Å². The third-order valence-electron chi connectivity index (χ3n) is 5.60. The van der Waals surface area contributed by atoms with Crippen LogP contribution in [0.3, 0.4) is 0 Å². The second-order valence-corrected chi connectivity index (χ2v) is 11.3. The molecule has 0 N–H and O–H groups in total. The third kappa shape index (κ3) is 5.25. The Morgan fingerprint density at radius 1 is 1.20 bits per heavy atom. The maximum Gasteiger partial charge on any atom is 0.279 e. The van der Waals surface area contributed by atoms with Gasteiger partial charge < -0.3 is 14.0 Å². The van der Waals surface area contributed by atoms with E-state index >= 15 is 0 Å². The summed E-state index contributed by atoms with van der Waals surface area (Å²) in [6.07, 6.45) is 1.38. The lowest BCUT2D eigenvalue weighted by molar-refractivity contribution is -0.0440. The van der Waals surface area contributed by atoms with Gasteiger partial charge in [0.1, 0.15) is 11.3 Å². The zero-order chi connectivity index (χ0) is 25.2. The monoisotopic (exact) mass is 515 g/mol. The van der Waals surface area contributed by atoms with E-state index in [-0.39, 0.29) is 17.1 Å². The van der Waals surface area contributed by atoms with Crippen molar-refractivity contribution in [2.24, 2.45) is 4.99 Å². The lowest BCUT2D eigenvalue weighted by atomic mass is 10.2. The van der Waals surface area contributed by atoms with Crippen molar-refractivity contribution >= 4 is 37.5 Å². The minimum absolute atomic E-state index is 0.139. The topological polar surface area (TPSA) is 90.2 Å². The standard InChI is InChI=1S/C25H29N3O5S2/c1-5-14-28-23-21(32-6-2)8-7-9-22(23)34-25(28)26-24(29)19-10-12-20(13-11-19)35(30,31)27-15-17(3)33-18(4)16-27/h5,7-13,17-18H,1,6,14-16H2,2-4H3/t17-,18+. The van der Waals surface area contributed by atoms with Crippen molar-refractivity contribution in [1.82, 2.24) is 8.87 Å². The number of amides is 1. The molecular formula is C25H29N3O5S2. The van der Waals surface area contributed by atoms with Crippen LogP contribution in [0, 0.1) is 0 Å². The molecule has 8 nitrogen and oxygen atoms in total. The number of benzene rings is 2. The Morgan fingerprint density at radius 3 is 2.51 bits per heavy atom. The number of hydrogen-bond acceptors (Lipinski definition) is 6. The first kappa shape index (κ1) is 25.3. The first-order valence-corrected chi connectivity index (χ1v) is 13.7. The number of morpholine rings is 1. The Balaban J connectivity index is 1.66. The van der Waals surface area contributed by atoms with Gasteiger partial charge in [0.2, 0.25) is 10.0 Å². The SMILES string of the molecule is C=CCn1c(=NC(=O)c2ccc(S(=O)(=O)N3C[C@@H](C)O[C@@H](C)C3)cc2)sc2cccc(OCC)c21. The van der Waals surface area contributed by atoms with E-state index < -0.39 is 15.9 Å². The Kier molecular flexibility index (Phi) is 7.56. The molecule has 186 valence electrons. The second-order valence-electron chi connectivity index (χ2n) is 8.34. The van der Waals surface area contributed by atoms with Crippen molar-refractivity contribution in [3.05, 3.63) is 65.5 Å². The van der Waals surface area contributed by atoms with E-state index in [1.165, 1.54) is 39.9 Å². The number of rotatable bonds is 7. The predicted octanol–water partition coefficient (Wildman–Crippen LogP) is 3.83. The molecule has 35 heavy (non-hydrogen) atoms. The summed E-state index contributed by atoms with van der Waals surface area (Å²) in [4.78, 5) is 18.0. The summed E-state index contributed by atoms with van der Waals surface area (Å²) in [6.45, 7) is 11.0. The van der Waals surface area contributed by atoms with Crippen LogP contribution in [0.4, 0.5) is 0 Å². The highest BCUT2D eigenvalue weighted by Gasteiger charge is 2.32. The number of thiazole rings is 1. The van der Waals surface area contributed by atoms with Crippen LogP contribution in [-0.2, 0) is 21.3 Å². The first-order valence-electron chi connectivity index (χ1n) is 11.4. The highest BCUT2D eigenvalue weighted by molar-refractivity contribution is 7.89. The molecule has 1 aliphatic heterocycles. The van der Waals surface area contributed by atoms with E-state index in [2.05, 4.69) is 11.6 Å². The average Bonchev–Trinajstić information content (AvgIpc) is 3.17. The van der Waals surface area contributed by atoms with Gasteiger partial charge >= 0.3 is 0 Å². The molecule has 4 rings (SSSR count). The average molecular weight is 516 g/mol. The molecule has 0 bridgehead atoms.